The number of aryl methyl sites for hydroxylation is 1. The number of ketones is 1. The number of primary amides is 1. The summed E-state index contributed by atoms with van der Waals surface area (Å²) in [6, 6.07) is 5.03. The largest absolute Gasteiger partial charge is 0.456 e. The van der Waals surface area contributed by atoms with Gasteiger partial charge in [0.25, 0.3) is 5.69 Å². The Kier molecular flexibility index (Phi) is 4.97. The Labute approximate surface area is 142 Å². The maximum absolute atomic E-state index is 12.1. The summed E-state index contributed by atoms with van der Waals surface area (Å²) >= 11 is 0. The molecule has 1 amide bonds. The van der Waals surface area contributed by atoms with Crippen molar-refractivity contribution in [3.05, 3.63) is 63.0 Å². The molecule has 0 saturated heterocycles. The van der Waals surface area contributed by atoms with Crippen LogP contribution in [0.25, 0.3) is 0 Å². The normalized spacial score (nSPS) is 10.3. The standard InChI is InChI=1S/C16H15N3O6/c1-9(20)12-6-14(18(2)7-12)16(22)25-8-11-4-3-10(15(17)21)5-13(11)19(23)24/h3-7H,8H2,1-2H3,(H2,17,21). The van der Waals surface area contributed by atoms with E-state index in [1.165, 1.54) is 35.9 Å². The molecule has 0 saturated carbocycles. The molecule has 0 bridgehead atoms. The van der Waals surface area contributed by atoms with Crippen LogP contribution >= 0.6 is 0 Å². The molecule has 9 nitrogen and oxygen atoms in total. The minimum absolute atomic E-state index is 0.0182. The number of nitro groups is 1. The number of hydrogen-bond donors (Lipinski definition) is 1. The van der Waals surface area contributed by atoms with Gasteiger partial charge < -0.3 is 15.0 Å². The van der Waals surface area contributed by atoms with Crippen molar-refractivity contribution in [2.45, 2.75) is 13.5 Å². The van der Waals surface area contributed by atoms with Crippen LogP contribution in [0.1, 0.15) is 43.7 Å². The molecule has 9 heteroatoms. The maximum atomic E-state index is 12.1. The van der Waals surface area contributed by atoms with Gasteiger partial charge in [-0.05, 0) is 25.1 Å². The first kappa shape index (κ1) is 17.9. The summed E-state index contributed by atoms with van der Waals surface area (Å²) in [7, 11) is 1.58. The van der Waals surface area contributed by atoms with Crippen LogP contribution in [-0.4, -0.2) is 27.2 Å². The lowest BCUT2D eigenvalue weighted by atomic mass is 10.1. The molecule has 2 rings (SSSR count). The lowest BCUT2D eigenvalue weighted by Crippen LogP contribution is -2.13. The molecule has 1 aromatic heterocycles. The zero-order chi connectivity index (χ0) is 18.7. The van der Waals surface area contributed by atoms with Gasteiger partial charge in [0.2, 0.25) is 5.91 Å². The lowest BCUT2D eigenvalue weighted by Gasteiger charge is -2.07. The van der Waals surface area contributed by atoms with Crippen molar-refractivity contribution in [2.75, 3.05) is 0 Å². The van der Waals surface area contributed by atoms with Crippen LogP contribution in [-0.2, 0) is 18.4 Å². The summed E-state index contributed by atoms with van der Waals surface area (Å²) < 4.78 is 6.52. The van der Waals surface area contributed by atoms with Crippen LogP contribution in [0.4, 0.5) is 5.69 Å². The molecule has 0 fully saturated rings. The summed E-state index contributed by atoms with van der Waals surface area (Å²) in [5, 5.41) is 11.1. The molecule has 1 heterocycles. The van der Waals surface area contributed by atoms with E-state index < -0.39 is 16.8 Å². The number of nitro benzene ring substituents is 1. The zero-order valence-corrected chi connectivity index (χ0v) is 13.5. The monoisotopic (exact) mass is 345 g/mol. The molecule has 0 aliphatic carbocycles. The Morgan fingerprint density at radius 2 is 1.92 bits per heavy atom. The number of aromatic nitrogens is 1. The molecule has 130 valence electrons. The number of nitrogens with zero attached hydrogens (tertiary/aromatic N) is 2. The number of carbonyl (C=O) groups is 3. The van der Waals surface area contributed by atoms with Gasteiger partial charge in [0, 0.05) is 30.4 Å². The minimum atomic E-state index is -0.799. The van der Waals surface area contributed by atoms with Crippen LogP contribution in [0.15, 0.2) is 30.5 Å². The molecular weight excluding hydrogens is 330 g/mol. The molecule has 1 aromatic carbocycles. The van der Waals surface area contributed by atoms with Crippen LogP contribution in [0.2, 0.25) is 0 Å². The third-order valence-corrected chi connectivity index (χ3v) is 3.55. The van der Waals surface area contributed by atoms with Crippen LogP contribution in [0.5, 0.6) is 0 Å². The number of esters is 1. The van der Waals surface area contributed by atoms with Gasteiger partial charge in [-0.3, -0.25) is 19.7 Å². The smallest absolute Gasteiger partial charge is 0.355 e. The third kappa shape index (κ3) is 3.89. The van der Waals surface area contributed by atoms with Crippen molar-refractivity contribution in [3.63, 3.8) is 0 Å². The summed E-state index contributed by atoms with van der Waals surface area (Å²) in [6.45, 7) is 1.00. The van der Waals surface area contributed by atoms with Gasteiger partial charge in [0.05, 0.1) is 10.5 Å². The van der Waals surface area contributed by atoms with Gasteiger partial charge in [-0.15, -0.1) is 0 Å². The van der Waals surface area contributed by atoms with E-state index in [2.05, 4.69) is 0 Å². The summed E-state index contributed by atoms with van der Waals surface area (Å²) in [5.41, 5.74) is 5.31. The van der Waals surface area contributed by atoms with Crippen molar-refractivity contribution < 1.29 is 24.0 Å². The van der Waals surface area contributed by atoms with Crippen molar-refractivity contribution in [3.8, 4) is 0 Å². The molecule has 0 atom stereocenters. The highest BCUT2D eigenvalue weighted by molar-refractivity contribution is 5.97. The van der Waals surface area contributed by atoms with E-state index >= 15 is 0 Å². The van der Waals surface area contributed by atoms with Gasteiger partial charge in [-0.25, -0.2) is 4.79 Å². The van der Waals surface area contributed by atoms with E-state index in [1.807, 2.05) is 0 Å². The van der Waals surface area contributed by atoms with Gasteiger partial charge >= 0.3 is 5.97 Å². The second-order valence-electron chi connectivity index (χ2n) is 5.32. The molecule has 0 aliphatic rings. The lowest BCUT2D eigenvalue weighted by molar-refractivity contribution is -0.385. The molecule has 0 radical (unpaired) electrons. The number of rotatable bonds is 6. The summed E-state index contributed by atoms with van der Waals surface area (Å²) in [4.78, 5) is 45.0. The third-order valence-electron chi connectivity index (χ3n) is 3.55. The van der Waals surface area contributed by atoms with Crippen molar-refractivity contribution in [1.29, 1.82) is 0 Å². The molecular formula is C16H15N3O6. The highest BCUT2D eigenvalue weighted by Crippen LogP contribution is 2.22. The topological polar surface area (TPSA) is 135 Å². The predicted octanol–water partition coefficient (Wildman–Crippen LogP) is 1.59. The Morgan fingerprint density at radius 3 is 2.44 bits per heavy atom. The van der Waals surface area contributed by atoms with Crippen LogP contribution in [0, 0.1) is 10.1 Å². The minimum Gasteiger partial charge on any atom is -0.456 e. The molecule has 0 aliphatic heterocycles. The number of carbonyl (C=O) groups excluding carboxylic acids is 3. The highest BCUT2D eigenvalue weighted by atomic mass is 16.6. The molecule has 25 heavy (non-hydrogen) atoms. The Morgan fingerprint density at radius 1 is 1.24 bits per heavy atom. The SMILES string of the molecule is CC(=O)c1cc(C(=O)OCc2ccc(C(N)=O)cc2[N+](=O)[O-])n(C)c1. The Hall–Kier alpha value is -3.49. The van der Waals surface area contributed by atoms with Gasteiger partial charge in [0.1, 0.15) is 12.3 Å². The van der Waals surface area contributed by atoms with Gasteiger partial charge in [-0.1, -0.05) is 0 Å². The Balaban J connectivity index is 2.21. The first-order valence-electron chi connectivity index (χ1n) is 7.12. The fourth-order valence-electron chi connectivity index (χ4n) is 2.19. The van der Waals surface area contributed by atoms with E-state index in [1.54, 1.807) is 7.05 Å². The van der Waals surface area contributed by atoms with E-state index in [4.69, 9.17) is 10.5 Å². The fourth-order valence-corrected chi connectivity index (χ4v) is 2.19. The first-order valence-corrected chi connectivity index (χ1v) is 7.12. The van der Waals surface area contributed by atoms with Crippen molar-refractivity contribution in [1.82, 2.24) is 4.57 Å². The van der Waals surface area contributed by atoms with Gasteiger partial charge in [-0.2, -0.15) is 0 Å². The second-order valence-corrected chi connectivity index (χ2v) is 5.32. The zero-order valence-electron chi connectivity index (χ0n) is 13.5. The quantitative estimate of drug-likeness (QED) is 0.365. The first-order chi connectivity index (χ1) is 11.7. The fraction of sp³-hybridized carbons (Fsp3) is 0.188. The predicted molar refractivity (Wildman–Crippen MR) is 86.2 cm³/mol. The summed E-state index contributed by atoms with van der Waals surface area (Å²) in [5.74, 6) is -1.73. The van der Waals surface area contributed by atoms with E-state index in [-0.39, 0.29) is 34.9 Å². The number of ether oxygens (including phenoxy) is 1. The van der Waals surface area contributed by atoms with Crippen LogP contribution in [0.3, 0.4) is 0 Å². The second kappa shape index (κ2) is 6.95. The Bertz CT molecular complexity index is 884. The number of amides is 1. The molecule has 0 unspecified atom stereocenters. The average molecular weight is 345 g/mol. The number of hydrogen-bond acceptors (Lipinski definition) is 6. The van der Waals surface area contributed by atoms with Crippen LogP contribution < -0.4 is 5.73 Å². The van der Waals surface area contributed by atoms with Crippen molar-refractivity contribution in [2.24, 2.45) is 12.8 Å². The van der Waals surface area contributed by atoms with E-state index in [0.29, 0.717) is 5.56 Å². The van der Waals surface area contributed by atoms with Crippen molar-refractivity contribution >= 4 is 23.3 Å². The highest BCUT2D eigenvalue weighted by Gasteiger charge is 2.20. The number of Topliss-reactive ketones (excluding diaryl/α,β-unsaturated/α-hetero) is 1. The molecule has 2 N–H and O–H groups in total. The average Bonchev–Trinajstić information content (AvgIpc) is 2.94. The number of benzene rings is 1. The van der Waals surface area contributed by atoms with E-state index in [9.17, 15) is 24.5 Å². The molecule has 2 aromatic rings. The van der Waals surface area contributed by atoms with E-state index in [0.717, 1.165) is 6.07 Å². The molecule has 0 spiro atoms. The summed E-state index contributed by atoms with van der Waals surface area (Å²) in [6.07, 6.45) is 1.49. The number of nitrogens with two attached hydrogens (primary N) is 1. The van der Waals surface area contributed by atoms with Gasteiger partial charge in [0.15, 0.2) is 5.78 Å². The maximum Gasteiger partial charge on any atom is 0.355 e.